The Hall–Kier alpha value is -2.05. The Kier molecular flexibility index (Phi) is 5.75. The van der Waals surface area contributed by atoms with Crippen LogP contribution in [-0.2, 0) is 14.8 Å². The van der Waals surface area contributed by atoms with Gasteiger partial charge in [0.25, 0.3) is 0 Å². The SMILES string of the molecule is Cc1ccc(NC(=O)[C@H](C)N(c2cccc(Cl)c2)S(C)(=O)=O)c(C)c1. The van der Waals surface area contributed by atoms with Gasteiger partial charge in [-0.05, 0) is 50.6 Å². The van der Waals surface area contributed by atoms with Crippen LogP contribution in [0.25, 0.3) is 0 Å². The van der Waals surface area contributed by atoms with Crippen molar-refractivity contribution in [2.75, 3.05) is 15.9 Å². The van der Waals surface area contributed by atoms with Crippen LogP contribution in [-0.4, -0.2) is 26.6 Å². The van der Waals surface area contributed by atoms with Gasteiger partial charge in [-0.15, -0.1) is 0 Å². The molecule has 0 saturated heterocycles. The minimum absolute atomic E-state index is 0.346. The van der Waals surface area contributed by atoms with E-state index in [4.69, 9.17) is 11.6 Å². The van der Waals surface area contributed by atoms with Crippen LogP contribution >= 0.6 is 11.6 Å². The number of rotatable bonds is 5. The summed E-state index contributed by atoms with van der Waals surface area (Å²) in [5.74, 6) is -0.419. The third-order valence-electron chi connectivity index (χ3n) is 3.79. The Morgan fingerprint density at radius 2 is 1.84 bits per heavy atom. The second-order valence-electron chi connectivity index (χ2n) is 6.02. The molecule has 1 N–H and O–H groups in total. The lowest BCUT2D eigenvalue weighted by atomic mass is 10.1. The molecule has 0 aliphatic rings. The highest BCUT2D eigenvalue weighted by atomic mass is 35.5. The van der Waals surface area contributed by atoms with Crippen LogP contribution < -0.4 is 9.62 Å². The van der Waals surface area contributed by atoms with E-state index in [2.05, 4.69) is 5.32 Å². The Balaban J connectivity index is 2.33. The maximum atomic E-state index is 12.6. The molecular weight excluding hydrogens is 360 g/mol. The molecule has 0 unspecified atom stereocenters. The zero-order valence-corrected chi connectivity index (χ0v) is 16.1. The molecule has 0 saturated carbocycles. The topological polar surface area (TPSA) is 66.5 Å². The first kappa shape index (κ1) is 19.3. The molecule has 0 bridgehead atoms. The van der Waals surface area contributed by atoms with Gasteiger partial charge in [-0.25, -0.2) is 8.42 Å². The fraction of sp³-hybridized carbons (Fsp3) is 0.278. The maximum absolute atomic E-state index is 12.6. The Morgan fingerprint density at radius 1 is 1.16 bits per heavy atom. The van der Waals surface area contributed by atoms with Crippen molar-refractivity contribution in [2.24, 2.45) is 0 Å². The number of benzene rings is 2. The summed E-state index contributed by atoms with van der Waals surface area (Å²) < 4.78 is 25.6. The number of sulfonamides is 1. The normalized spacial score (nSPS) is 12.5. The molecule has 134 valence electrons. The molecule has 25 heavy (non-hydrogen) atoms. The zero-order chi connectivity index (χ0) is 18.8. The summed E-state index contributed by atoms with van der Waals surface area (Å²) in [7, 11) is -3.67. The van der Waals surface area contributed by atoms with Gasteiger partial charge < -0.3 is 5.32 Å². The number of nitrogens with one attached hydrogen (secondary N) is 1. The lowest BCUT2D eigenvalue weighted by molar-refractivity contribution is -0.116. The first-order valence-electron chi connectivity index (χ1n) is 7.72. The van der Waals surface area contributed by atoms with Crippen LogP contribution in [0.5, 0.6) is 0 Å². The number of aryl methyl sites for hydroxylation is 2. The molecular formula is C18H21ClN2O3S. The highest BCUT2D eigenvalue weighted by Gasteiger charge is 2.29. The van der Waals surface area contributed by atoms with E-state index in [0.29, 0.717) is 16.4 Å². The van der Waals surface area contributed by atoms with Crippen LogP contribution in [0.15, 0.2) is 42.5 Å². The third-order valence-corrected chi connectivity index (χ3v) is 5.27. The van der Waals surface area contributed by atoms with Crippen molar-refractivity contribution in [1.82, 2.24) is 0 Å². The van der Waals surface area contributed by atoms with Crippen molar-refractivity contribution in [1.29, 1.82) is 0 Å². The fourth-order valence-corrected chi connectivity index (χ4v) is 3.96. The molecule has 5 nitrogen and oxygen atoms in total. The number of nitrogens with zero attached hydrogens (tertiary/aromatic N) is 1. The smallest absolute Gasteiger partial charge is 0.248 e. The lowest BCUT2D eigenvalue weighted by Gasteiger charge is -2.28. The summed E-state index contributed by atoms with van der Waals surface area (Å²) in [6.45, 7) is 5.39. The number of carbonyl (C=O) groups is 1. The van der Waals surface area contributed by atoms with Crippen molar-refractivity contribution in [3.05, 3.63) is 58.6 Å². The first-order valence-corrected chi connectivity index (χ1v) is 9.95. The Labute approximate surface area is 153 Å². The van der Waals surface area contributed by atoms with Gasteiger partial charge in [0.1, 0.15) is 6.04 Å². The summed E-state index contributed by atoms with van der Waals surface area (Å²) in [5.41, 5.74) is 3.00. The van der Waals surface area contributed by atoms with Crippen LogP contribution in [0.1, 0.15) is 18.1 Å². The largest absolute Gasteiger partial charge is 0.324 e. The molecule has 0 aliphatic heterocycles. The monoisotopic (exact) mass is 380 g/mol. The average Bonchev–Trinajstić information content (AvgIpc) is 2.48. The van der Waals surface area contributed by atoms with Gasteiger partial charge in [0.15, 0.2) is 0 Å². The van der Waals surface area contributed by atoms with Crippen LogP contribution in [0.4, 0.5) is 11.4 Å². The third kappa shape index (κ3) is 4.74. The van der Waals surface area contributed by atoms with Gasteiger partial charge in [0.05, 0.1) is 11.9 Å². The lowest BCUT2D eigenvalue weighted by Crippen LogP contribution is -2.45. The van der Waals surface area contributed by atoms with Crippen molar-refractivity contribution in [3.63, 3.8) is 0 Å². The number of hydrogen-bond donors (Lipinski definition) is 1. The van der Waals surface area contributed by atoms with Crippen LogP contribution in [0.2, 0.25) is 5.02 Å². The van der Waals surface area contributed by atoms with Gasteiger partial charge in [0, 0.05) is 10.7 Å². The maximum Gasteiger partial charge on any atom is 0.248 e. The molecule has 0 aromatic heterocycles. The summed E-state index contributed by atoms with van der Waals surface area (Å²) in [6.07, 6.45) is 1.06. The van der Waals surface area contributed by atoms with Gasteiger partial charge in [0.2, 0.25) is 15.9 Å². The van der Waals surface area contributed by atoms with E-state index in [1.165, 1.54) is 6.07 Å². The number of halogens is 1. The summed E-state index contributed by atoms with van der Waals surface area (Å²) >= 11 is 5.97. The van der Waals surface area contributed by atoms with Gasteiger partial charge in [-0.3, -0.25) is 9.10 Å². The number of hydrogen-bond acceptors (Lipinski definition) is 3. The fourth-order valence-electron chi connectivity index (χ4n) is 2.61. The predicted octanol–water partition coefficient (Wildman–Crippen LogP) is 3.75. The summed E-state index contributed by atoms with van der Waals surface area (Å²) in [5, 5.41) is 3.19. The number of carbonyl (C=O) groups excluding carboxylic acids is 1. The Bertz CT molecular complexity index is 897. The van der Waals surface area contributed by atoms with E-state index in [-0.39, 0.29) is 0 Å². The van der Waals surface area contributed by atoms with Crippen LogP contribution in [0.3, 0.4) is 0 Å². The van der Waals surface area contributed by atoms with E-state index in [1.807, 2.05) is 26.0 Å². The highest BCUT2D eigenvalue weighted by Crippen LogP contribution is 2.25. The van der Waals surface area contributed by atoms with Crippen molar-refractivity contribution < 1.29 is 13.2 Å². The van der Waals surface area contributed by atoms with Gasteiger partial charge in [-0.2, -0.15) is 0 Å². The zero-order valence-electron chi connectivity index (χ0n) is 14.6. The number of anilines is 2. The molecule has 1 amide bonds. The summed E-state index contributed by atoms with van der Waals surface area (Å²) in [4.78, 5) is 12.6. The average molecular weight is 381 g/mol. The Morgan fingerprint density at radius 3 is 2.40 bits per heavy atom. The van der Waals surface area contributed by atoms with Gasteiger partial charge >= 0.3 is 0 Å². The minimum atomic E-state index is -3.67. The van der Waals surface area contributed by atoms with Crippen LogP contribution in [0, 0.1) is 13.8 Å². The van der Waals surface area contributed by atoms with E-state index in [1.54, 1.807) is 31.2 Å². The molecule has 2 aromatic carbocycles. The first-order chi connectivity index (χ1) is 11.6. The van der Waals surface area contributed by atoms with E-state index >= 15 is 0 Å². The second kappa shape index (κ2) is 7.45. The number of amides is 1. The van der Waals surface area contributed by atoms with E-state index in [9.17, 15) is 13.2 Å². The predicted molar refractivity (Wildman–Crippen MR) is 103 cm³/mol. The highest BCUT2D eigenvalue weighted by molar-refractivity contribution is 7.92. The molecule has 7 heteroatoms. The molecule has 0 spiro atoms. The molecule has 2 rings (SSSR count). The molecule has 1 atom stereocenters. The standard InChI is InChI=1S/C18H21ClN2O3S/c1-12-8-9-17(13(2)10-12)20-18(22)14(3)21(25(4,23)24)16-7-5-6-15(19)11-16/h5-11,14H,1-4H3,(H,20,22)/t14-/m0/s1. The van der Waals surface area contributed by atoms with Crippen molar-refractivity contribution in [3.8, 4) is 0 Å². The quantitative estimate of drug-likeness (QED) is 0.858. The molecule has 0 heterocycles. The van der Waals surface area contributed by atoms with Crippen molar-refractivity contribution >= 4 is 38.9 Å². The van der Waals surface area contributed by atoms with E-state index < -0.39 is 22.0 Å². The molecule has 2 aromatic rings. The summed E-state index contributed by atoms with van der Waals surface area (Å²) in [6, 6.07) is 11.1. The van der Waals surface area contributed by atoms with Crippen molar-refractivity contribution in [2.45, 2.75) is 26.8 Å². The van der Waals surface area contributed by atoms with Gasteiger partial charge in [-0.1, -0.05) is 35.4 Å². The van der Waals surface area contributed by atoms with E-state index in [0.717, 1.165) is 21.7 Å². The molecule has 0 fully saturated rings. The molecule has 0 radical (unpaired) electrons. The molecule has 0 aliphatic carbocycles. The minimum Gasteiger partial charge on any atom is -0.324 e. The second-order valence-corrected chi connectivity index (χ2v) is 8.32.